The molecule has 2 heterocycles. The van der Waals surface area contributed by atoms with Crippen LogP contribution in [-0.2, 0) is 0 Å². The topological polar surface area (TPSA) is 92.4 Å². The molecule has 0 unspecified atom stereocenters. The van der Waals surface area contributed by atoms with Gasteiger partial charge in [0.15, 0.2) is 0 Å². The number of alkyl halides is 3. The Labute approximate surface area is 137 Å². The summed E-state index contributed by atoms with van der Waals surface area (Å²) in [7, 11) is -3.54. The molecule has 1 saturated heterocycles. The minimum atomic E-state index is -4.43. The van der Waals surface area contributed by atoms with Gasteiger partial charge in [0.1, 0.15) is 11.8 Å². The molecule has 0 radical (unpaired) electrons. The SMILES string of the molecule is N#Cc1nccc2cc(N3[C@H](CC(F)(F)F)CNS3(O)O)ccc12. The fraction of sp³-hybridized carbons (Fsp3) is 0.286. The molecule has 6 nitrogen and oxygen atoms in total. The van der Waals surface area contributed by atoms with Gasteiger partial charge in [0.05, 0.1) is 18.2 Å². The van der Waals surface area contributed by atoms with Crippen LogP contribution < -0.4 is 9.03 Å². The summed E-state index contributed by atoms with van der Waals surface area (Å²) in [5, 5.41) is 10.2. The molecule has 2 aromatic rings. The Bertz CT molecular complexity index is 822. The maximum absolute atomic E-state index is 12.7. The molecule has 24 heavy (non-hydrogen) atoms. The lowest BCUT2D eigenvalue weighted by Crippen LogP contribution is -2.35. The van der Waals surface area contributed by atoms with Crippen LogP contribution in [0.2, 0.25) is 0 Å². The van der Waals surface area contributed by atoms with Crippen molar-refractivity contribution < 1.29 is 22.3 Å². The van der Waals surface area contributed by atoms with Gasteiger partial charge in [-0.15, -0.1) is 0 Å². The van der Waals surface area contributed by atoms with Crippen LogP contribution in [0.25, 0.3) is 10.8 Å². The van der Waals surface area contributed by atoms with E-state index in [-0.39, 0.29) is 17.9 Å². The summed E-state index contributed by atoms with van der Waals surface area (Å²) < 4.78 is 61.7. The van der Waals surface area contributed by atoms with Crippen LogP contribution >= 0.6 is 11.0 Å². The van der Waals surface area contributed by atoms with E-state index >= 15 is 0 Å². The first-order valence-electron chi connectivity index (χ1n) is 6.89. The first-order valence-corrected chi connectivity index (χ1v) is 8.39. The van der Waals surface area contributed by atoms with Crippen molar-refractivity contribution in [2.45, 2.75) is 18.6 Å². The lowest BCUT2D eigenvalue weighted by molar-refractivity contribution is -0.137. The van der Waals surface area contributed by atoms with Gasteiger partial charge in [-0.3, -0.25) is 13.4 Å². The summed E-state index contributed by atoms with van der Waals surface area (Å²) in [6.07, 6.45) is -4.19. The molecular weight excluding hydrogens is 345 g/mol. The van der Waals surface area contributed by atoms with Crippen molar-refractivity contribution in [3.63, 3.8) is 0 Å². The number of halogens is 3. The monoisotopic (exact) mass is 358 g/mol. The van der Waals surface area contributed by atoms with Gasteiger partial charge < -0.3 is 0 Å². The fourth-order valence-corrected chi connectivity index (χ4v) is 4.27. The van der Waals surface area contributed by atoms with Gasteiger partial charge in [-0.05, 0) is 29.7 Å². The number of hydrogen-bond donors (Lipinski definition) is 3. The zero-order valence-electron chi connectivity index (χ0n) is 12.2. The van der Waals surface area contributed by atoms with Crippen molar-refractivity contribution >= 4 is 27.4 Å². The largest absolute Gasteiger partial charge is 0.391 e. The lowest BCUT2D eigenvalue weighted by atomic mass is 10.1. The van der Waals surface area contributed by atoms with E-state index in [1.807, 2.05) is 6.07 Å². The molecule has 1 aliphatic rings. The predicted octanol–water partition coefficient (Wildman–Crippen LogP) is 3.42. The van der Waals surface area contributed by atoms with Gasteiger partial charge >= 0.3 is 6.18 Å². The first-order chi connectivity index (χ1) is 11.2. The number of rotatable bonds is 2. The predicted molar refractivity (Wildman–Crippen MR) is 84.2 cm³/mol. The summed E-state index contributed by atoms with van der Waals surface area (Å²) in [5.74, 6) is 0. The number of nitrogens with one attached hydrogen (secondary N) is 1. The molecule has 1 aromatic carbocycles. The number of fused-ring (bicyclic) bond motifs is 1. The molecule has 0 spiro atoms. The van der Waals surface area contributed by atoms with Crippen molar-refractivity contribution in [2.75, 3.05) is 10.8 Å². The van der Waals surface area contributed by atoms with E-state index in [1.165, 1.54) is 24.4 Å². The maximum Gasteiger partial charge on any atom is 0.391 e. The van der Waals surface area contributed by atoms with Crippen molar-refractivity contribution in [1.82, 2.24) is 9.71 Å². The smallest absolute Gasteiger partial charge is 0.269 e. The minimum Gasteiger partial charge on any atom is -0.269 e. The lowest BCUT2D eigenvalue weighted by Gasteiger charge is -2.40. The standard InChI is InChI=1S/C14H13F3N4O2S/c15-14(16,17)6-11-8-20-24(22,23)21(11)10-1-2-12-9(5-10)3-4-19-13(12)7-18/h1-5,11,20,22-23H,6,8H2/t11-/m1/s1. The highest BCUT2D eigenvalue weighted by Crippen LogP contribution is 2.50. The molecule has 128 valence electrons. The molecule has 0 bridgehead atoms. The third-order valence-corrected chi connectivity index (χ3v) is 5.31. The molecule has 0 saturated carbocycles. The van der Waals surface area contributed by atoms with E-state index < -0.39 is 29.6 Å². The van der Waals surface area contributed by atoms with E-state index in [2.05, 4.69) is 9.71 Å². The highest BCUT2D eigenvalue weighted by Gasteiger charge is 2.44. The van der Waals surface area contributed by atoms with E-state index in [0.29, 0.717) is 10.8 Å². The van der Waals surface area contributed by atoms with E-state index in [0.717, 1.165) is 4.31 Å². The van der Waals surface area contributed by atoms with Crippen molar-refractivity contribution in [3.05, 3.63) is 36.2 Å². The third kappa shape index (κ3) is 3.11. The second kappa shape index (κ2) is 5.78. The molecule has 3 rings (SSSR count). The summed E-state index contributed by atoms with van der Waals surface area (Å²) >= 11 is 0. The van der Waals surface area contributed by atoms with Crippen molar-refractivity contribution in [2.24, 2.45) is 0 Å². The third-order valence-electron chi connectivity index (χ3n) is 3.69. The minimum absolute atomic E-state index is 0.192. The quantitative estimate of drug-likeness (QED) is 0.762. The van der Waals surface area contributed by atoms with Crippen molar-refractivity contribution in [3.8, 4) is 6.07 Å². The van der Waals surface area contributed by atoms with Gasteiger partial charge in [-0.2, -0.15) is 23.2 Å². The molecular formula is C14H13F3N4O2S. The van der Waals surface area contributed by atoms with Gasteiger partial charge in [-0.1, -0.05) is 11.0 Å². The first kappa shape index (κ1) is 16.8. The van der Waals surface area contributed by atoms with Crippen LogP contribution in [-0.4, -0.2) is 32.9 Å². The van der Waals surface area contributed by atoms with Gasteiger partial charge in [0, 0.05) is 18.1 Å². The Balaban J connectivity index is 2.04. The maximum atomic E-state index is 12.7. The molecule has 0 aliphatic carbocycles. The zero-order chi connectivity index (χ0) is 17.5. The summed E-state index contributed by atoms with van der Waals surface area (Å²) in [6, 6.07) is 6.91. The van der Waals surface area contributed by atoms with E-state index in [4.69, 9.17) is 5.26 Å². The molecule has 0 amide bonds. The van der Waals surface area contributed by atoms with Crippen LogP contribution in [0.3, 0.4) is 0 Å². The van der Waals surface area contributed by atoms with Crippen LogP contribution in [0, 0.1) is 11.3 Å². The highest BCUT2D eigenvalue weighted by atomic mass is 32.3. The van der Waals surface area contributed by atoms with Crippen LogP contribution in [0.1, 0.15) is 12.1 Å². The molecule has 1 atom stereocenters. The Morgan fingerprint density at radius 1 is 1.38 bits per heavy atom. The van der Waals surface area contributed by atoms with Crippen LogP contribution in [0.15, 0.2) is 30.5 Å². The average Bonchev–Trinajstić information content (AvgIpc) is 2.78. The number of benzene rings is 1. The molecule has 3 N–H and O–H groups in total. The Kier molecular flexibility index (Phi) is 4.05. The van der Waals surface area contributed by atoms with Crippen molar-refractivity contribution in [1.29, 1.82) is 5.26 Å². The second-order valence-corrected chi connectivity index (χ2v) is 7.06. The Hall–Kier alpha value is -2.06. The number of aromatic nitrogens is 1. The van der Waals surface area contributed by atoms with Crippen LogP contribution in [0.5, 0.6) is 0 Å². The molecule has 1 aromatic heterocycles. The zero-order valence-corrected chi connectivity index (χ0v) is 13.0. The summed E-state index contributed by atoms with van der Waals surface area (Å²) in [5.41, 5.74) is 0.425. The highest BCUT2D eigenvalue weighted by molar-refractivity contribution is 8.24. The number of pyridine rings is 1. The molecule has 10 heteroatoms. The van der Waals surface area contributed by atoms with E-state index in [1.54, 1.807) is 6.07 Å². The van der Waals surface area contributed by atoms with Crippen LogP contribution in [0.4, 0.5) is 18.9 Å². The Morgan fingerprint density at radius 2 is 2.12 bits per heavy atom. The number of hydrogen-bond acceptors (Lipinski definition) is 6. The molecule has 1 aliphatic heterocycles. The summed E-state index contributed by atoms with van der Waals surface area (Å²) in [4.78, 5) is 3.92. The average molecular weight is 358 g/mol. The van der Waals surface area contributed by atoms with Gasteiger partial charge in [-0.25, -0.2) is 4.98 Å². The number of nitriles is 1. The van der Waals surface area contributed by atoms with Gasteiger partial charge in [0.25, 0.3) is 0 Å². The Morgan fingerprint density at radius 3 is 2.79 bits per heavy atom. The normalized spacial score (nSPS) is 21.7. The second-order valence-electron chi connectivity index (χ2n) is 5.34. The number of anilines is 1. The summed E-state index contributed by atoms with van der Waals surface area (Å²) in [6.45, 7) is -0.195. The molecule has 1 fully saturated rings. The number of nitrogens with zero attached hydrogens (tertiary/aromatic N) is 3. The van der Waals surface area contributed by atoms with E-state index in [9.17, 15) is 22.3 Å². The van der Waals surface area contributed by atoms with Gasteiger partial charge in [0.2, 0.25) is 0 Å². The fourth-order valence-electron chi connectivity index (χ4n) is 2.74.